The lowest BCUT2D eigenvalue weighted by molar-refractivity contribution is -0.140. The summed E-state index contributed by atoms with van der Waals surface area (Å²) >= 11 is 0. The van der Waals surface area contributed by atoms with Crippen molar-refractivity contribution >= 4 is 11.9 Å². The van der Waals surface area contributed by atoms with Gasteiger partial charge in [-0.2, -0.15) is 0 Å². The Hall–Kier alpha value is -1.32. The topological polar surface area (TPSA) is 74.6 Å². The minimum atomic E-state index is -1.39. The first-order valence-corrected chi connectivity index (χ1v) is 3.62. The Labute approximate surface area is 70.5 Å². The fourth-order valence-electron chi connectivity index (χ4n) is 0.620. The monoisotopic (exact) mass is 172 g/mol. The second-order valence-corrected chi connectivity index (χ2v) is 2.86. The Balaban J connectivity index is 4.40. The molecule has 0 aliphatic carbocycles. The standard InChI is InChI=1S/C8H12O4/c1-5(2)3-4-6(7(9)10)8(11)12/h4-5H,3H2,1-2H3,(H,9,10)(H,11,12). The van der Waals surface area contributed by atoms with E-state index in [-0.39, 0.29) is 5.92 Å². The van der Waals surface area contributed by atoms with Crippen LogP contribution in [-0.4, -0.2) is 22.2 Å². The van der Waals surface area contributed by atoms with E-state index in [9.17, 15) is 9.59 Å². The molecule has 0 aliphatic heterocycles. The first-order valence-electron chi connectivity index (χ1n) is 3.62. The van der Waals surface area contributed by atoms with E-state index in [1.807, 2.05) is 13.8 Å². The lowest BCUT2D eigenvalue weighted by Gasteiger charge is -1.98. The van der Waals surface area contributed by atoms with Gasteiger partial charge in [-0.3, -0.25) is 0 Å². The maximum atomic E-state index is 10.3. The molecule has 4 heteroatoms. The molecule has 0 amide bonds. The quantitative estimate of drug-likeness (QED) is 0.378. The minimum absolute atomic E-state index is 0.263. The van der Waals surface area contributed by atoms with Crippen LogP contribution in [0.15, 0.2) is 11.6 Å². The smallest absolute Gasteiger partial charge is 0.342 e. The summed E-state index contributed by atoms with van der Waals surface area (Å²) in [7, 11) is 0. The SMILES string of the molecule is CC(C)CC=C(C(=O)O)C(=O)O. The Morgan fingerprint density at radius 3 is 1.92 bits per heavy atom. The van der Waals surface area contributed by atoms with Gasteiger partial charge >= 0.3 is 11.9 Å². The Morgan fingerprint density at radius 1 is 1.25 bits per heavy atom. The zero-order chi connectivity index (χ0) is 9.72. The van der Waals surface area contributed by atoms with E-state index >= 15 is 0 Å². The molecule has 0 fully saturated rings. The second kappa shape index (κ2) is 4.54. The summed E-state index contributed by atoms with van der Waals surface area (Å²) in [6, 6.07) is 0. The number of aliphatic carboxylic acids is 2. The largest absolute Gasteiger partial charge is 0.477 e. The molecule has 0 atom stereocenters. The van der Waals surface area contributed by atoms with Crippen molar-refractivity contribution in [1.29, 1.82) is 0 Å². The van der Waals surface area contributed by atoms with Crippen LogP contribution in [0, 0.1) is 5.92 Å². The van der Waals surface area contributed by atoms with E-state index in [0.717, 1.165) is 0 Å². The highest BCUT2D eigenvalue weighted by molar-refractivity contribution is 6.12. The van der Waals surface area contributed by atoms with Gasteiger partial charge in [0.25, 0.3) is 0 Å². The molecule has 0 heterocycles. The van der Waals surface area contributed by atoms with E-state index in [0.29, 0.717) is 6.42 Å². The zero-order valence-electron chi connectivity index (χ0n) is 7.07. The van der Waals surface area contributed by atoms with Gasteiger partial charge in [-0.15, -0.1) is 0 Å². The third-order valence-electron chi connectivity index (χ3n) is 1.25. The van der Waals surface area contributed by atoms with Crippen LogP contribution in [0.4, 0.5) is 0 Å². The maximum Gasteiger partial charge on any atom is 0.342 e. The van der Waals surface area contributed by atoms with Crippen LogP contribution in [0.5, 0.6) is 0 Å². The highest BCUT2D eigenvalue weighted by Gasteiger charge is 2.14. The molecule has 0 aromatic rings. The molecule has 0 rings (SSSR count). The molecule has 68 valence electrons. The van der Waals surface area contributed by atoms with Gasteiger partial charge in [0, 0.05) is 0 Å². The molecular weight excluding hydrogens is 160 g/mol. The Bertz CT molecular complexity index is 199. The molecule has 0 spiro atoms. The van der Waals surface area contributed by atoms with Crippen molar-refractivity contribution in [2.75, 3.05) is 0 Å². The zero-order valence-corrected chi connectivity index (χ0v) is 7.07. The van der Waals surface area contributed by atoms with Crippen molar-refractivity contribution in [2.24, 2.45) is 5.92 Å². The van der Waals surface area contributed by atoms with Gasteiger partial charge in [0.05, 0.1) is 0 Å². The molecule has 0 bridgehead atoms. The van der Waals surface area contributed by atoms with E-state index in [4.69, 9.17) is 10.2 Å². The van der Waals surface area contributed by atoms with Gasteiger partial charge in [0.2, 0.25) is 0 Å². The molecule has 0 saturated heterocycles. The molecule has 0 aliphatic rings. The van der Waals surface area contributed by atoms with E-state index in [1.165, 1.54) is 6.08 Å². The van der Waals surface area contributed by atoms with Crippen LogP contribution >= 0.6 is 0 Å². The van der Waals surface area contributed by atoms with E-state index in [1.54, 1.807) is 0 Å². The minimum Gasteiger partial charge on any atom is -0.477 e. The summed E-state index contributed by atoms with van der Waals surface area (Å²) in [5.74, 6) is -2.51. The number of carboxylic acids is 2. The number of rotatable bonds is 4. The fourth-order valence-corrected chi connectivity index (χ4v) is 0.620. The summed E-state index contributed by atoms with van der Waals surface area (Å²) in [6.07, 6.45) is 1.70. The average Bonchev–Trinajstić information content (AvgIpc) is 1.84. The normalized spacial score (nSPS) is 9.58. The molecule has 0 aromatic carbocycles. The fraction of sp³-hybridized carbons (Fsp3) is 0.500. The van der Waals surface area contributed by atoms with Crippen LogP contribution in [0.3, 0.4) is 0 Å². The van der Waals surface area contributed by atoms with E-state index < -0.39 is 17.5 Å². The van der Waals surface area contributed by atoms with Crippen LogP contribution in [0.2, 0.25) is 0 Å². The lowest BCUT2D eigenvalue weighted by Crippen LogP contribution is -2.11. The van der Waals surface area contributed by atoms with E-state index in [2.05, 4.69) is 0 Å². The van der Waals surface area contributed by atoms with Crippen molar-refractivity contribution in [2.45, 2.75) is 20.3 Å². The van der Waals surface area contributed by atoms with Gasteiger partial charge in [0.1, 0.15) is 5.57 Å². The molecule has 0 unspecified atom stereocenters. The molecule has 0 radical (unpaired) electrons. The number of carbonyl (C=O) groups is 2. The Morgan fingerprint density at radius 2 is 1.67 bits per heavy atom. The number of allylic oxidation sites excluding steroid dienone is 1. The highest BCUT2D eigenvalue weighted by Crippen LogP contribution is 2.04. The van der Waals surface area contributed by atoms with Crippen molar-refractivity contribution in [3.8, 4) is 0 Å². The van der Waals surface area contributed by atoms with Gasteiger partial charge in [-0.1, -0.05) is 19.9 Å². The third kappa shape index (κ3) is 3.75. The summed E-state index contributed by atoms with van der Waals surface area (Å²) in [6.45, 7) is 3.77. The Kier molecular flexibility index (Phi) is 4.04. The van der Waals surface area contributed by atoms with Crippen molar-refractivity contribution in [3.63, 3.8) is 0 Å². The predicted octanol–water partition coefficient (Wildman–Crippen LogP) is 1.13. The maximum absolute atomic E-state index is 10.3. The van der Waals surface area contributed by atoms with Gasteiger partial charge < -0.3 is 10.2 Å². The predicted molar refractivity (Wildman–Crippen MR) is 42.8 cm³/mol. The third-order valence-corrected chi connectivity index (χ3v) is 1.25. The van der Waals surface area contributed by atoms with Crippen LogP contribution in [-0.2, 0) is 9.59 Å². The van der Waals surface area contributed by atoms with Crippen molar-refractivity contribution < 1.29 is 19.8 Å². The summed E-state index contributed by atoms with van der Waals surface area (Å²) < 4.78 is 0. The van der Waals surface area contributed by atoms with Gasteiger partial charge in [-0.25, -0.2) is 9.59 Å². The highest BCUT2D eigenvalue weighted by atomic mass is 16.4. The average molecular weight is 172 g/mol. The molecule has 2 N–H and O–H groups in total. The van der Waals surface area contributed by atoms with Crippen LogP contribution < -0.4 is 0 Å². The molecule has 0 saturated carbocycles. The van der Waals surface area contributed by atoms with Crippen molar-refractivity contribution in [3.05, 3.63) is 11.6 Å². The van der Waals surface area contributed by atoms with Crippen LogP contribution in [0.25, 0.3) is 0 Å². The molecule has 4 nitrogen and oxygen atoms in total. The van der Waals surface area contributed by atoms with Gasteiger partial charge in [0.15, 0.2) is 0 Å². The first kappa shape index (κ1) is 10.7. The lowest BCUT2D eigenvalue weighted by atomic mass is 10.1. The first-order chi connectivity index (χ1) is 5.45. The summed E-state index contributed by atoms with van der Waals surface area (Å²) in [5, 5.41) is 16.8. The second-order valence-electron chi connectivity index (χ2n) is 2.86. The number of hydrogen-bond donors (Lipinski definition) is 2. The van der Waals surface area contributed by atoms with Gasteiger partial charge in [-0.05, 0) is 12.3 Å². The van der Waals surface area contributed by atoms with Crippen LogP contribution in [0.1, 0.15) is 20.3 Å². The summed E-state index contributed by atoms with van der Waals surface area (Å²) in [5.41, 5.74) is -0.552. The molecule has 12 heavy (non-hydrogen) atoms. The summed E-state index contributed by atoms with van der Waals surface area (Å²) in [4.78, 5) is 20.6. The number of carboxylic acid groups (broad SMARTS) is 2. The number of hydrogen-bond acceptors (Lipinski definition) is 2. The van der Waals surface area contributed by atoms with Crippen molar-refractivity contribution in [1.82, 2.24) is 0 Å². The molecular formula is C8H12O4. The molecule has 0 aromatic heterocycles.